The van der Waals surface area contributed by atoms with Crippen LogP contribution in [-0.4, -0.2) is 46.4 Å². The Balaban J connectivity index is 1.30. The van der Waals surface area contributed by atoms with Crippen molar-refractivity contribution in [1.82, 2.24) is 14.9 Å². The van der Waals surface area contributed by atoms with Crippen molar-refractivity contribution >= 4 is 55.2 Å². The number of nitrogens with zero attached hydrogens (tertiary/aromatic N) is 3. The van der Waals surface area contributed by atoms with Crippen molar-refractivity contribution in [3.8, 4) is 11.3 Å². The summed E-state index contributed by atoms with van der Waals surface area (Å²) in [5, 5.41) is 5.80. The molecule has 2 aromatic carbocycles. The molecule has 0 saturated carbocycles. The van der Waals surface area contributed by atoms with Crippen LogP contribution < -0.4 is 5.32 Å². The Morgan fingerprint density at radius 3 is 2.74 bits per heavy atom. The van der Waals surface area contributed by atoms with Gasteiger partial charge in [-0.15, -0.1) is 11.3 Å². The van der Waals surface area contributed by atoms with E-state index in [0.29, 0.717) is 17.2 Å². The lowest BCUT2D eigenvalue weighted by Gasteiger charge is -2.28. The molecular formula is C26H23BrN4O3S. The molecular weight excluding hydrogens is 528 g/mol. The molecule has 35 heavy (non-hydrogen) atoms. The predicted octanol–water partition coefficient (Wildman–Crippen LogP) is 5.29. The van der Waals surface area contributed by atoms with E-state index in [4.69, 9.17) is 9.72 Å². The number of thiazole rings is 1. The van der Waals surface area contributed by atoms with Gasteiger partial charge in [0.05, 0.1) is 16.8 Å². The van der Waals surface area contributed by atoms with Gasteiger partial charge in [0.1, 0.15) is 0 Å². The number of hydrogen-bond acceptors (Lipinski definition) is 7. The average molecular weight is 551 g/mol. The number of halogens is 1. The normalized spacial score (nSPS) is 13.4. The fourth-order valence-electron chi connectivity index (χ4n) is 4.19. The summed E-state index contributed by atoms with van der Waals surface area (Å²) >= 11 is 4.74. The van der Waals surface area contributed by atoms with Gasteiger partial charge < -0.3 is 4.74 Å². The second kappa shape index (κ2) is 10.2. The molecule has 178 valence electrons. The molecule has 0 bridgehead atoms. The van der Waals surface area contributed by atoms with Crippen molar-refractivity contribution in [2.24, 2.45) is 0 Å². The summed E-state index contributed by atoms with van der Waals surface area (Å²) in [7, 11) is 0. The van der Waals surface area contributed by atoms with Crippen LogP contribution in [0.1, 0.15) is 28.5 Å². The molecule has 5 rings (SSSR count). The van der Waals surface area contributed by atoms with Gasteiger partial charge in [0.15, 0.2) is 11.7 Å². The van der Waals surface area contributed by atoms with Gasteiger partial charge in [-0.25, -0.2) is 9.78 Å². The summed E-state index contributed by atoms with van der Waals surface area (Å²) in [6.07, 6.45) is 0.777. The largest absolute Gasteiger partial charge is 0.452 e. The van der Waals surface area contributed by atoms with E-state index in [2.05, 4.69) is 38.1 Å². The van der Waals surface area contributed by atoms with Gasteiger partial charge in [-0.1, -0.05) is 53.2 Å². The molecule has 3 heterocycles. The van der Waals surface area contributed by atoms with Crippen molar-refractivity contribution in [3.05, 3.63) is 75.2 Å². The lowest BCUT2D eigenvalue weighted by molar-refractivity contribution is -0.119. The minimum atomic E-state index is -0.511. The second-order valence-corrected chi connectivity index (χ2v) is 9.99. The van der Waals surface area contributed by atoms with E-state index >= 15 is 0 Å². The Morgan fingerprint density at radius 2 is 1.94 bits per heavy atom. The molecule has 0 atom stereocenters. The first-order valence-corrected chi connectivity index (χ1v) is 13.0. The lowest BCUT2D eigenvalue weighted by Crippen LogP contribution is -2.32. The van der Waals surface area contributed by atoms with E-state index < -0.39 is 18.5 Å². The summed E-state index contributed by atoms with van der Waals surface area (Å²) in [4.78, 5) is 37.3. The highest BCUT2D eigenvalue weighted by Gasteiger charge is 2.26. The number of carbonyl (C=O) groups excluding carboxylic acids is 2. The summed E-state index contributed by atoms with van der Waals surface area (Å²) in [5.74, 6) is -0.944. The molecule has 0 radical (unpaired) electrons. The van der Waals surface area contributed by atoms with Crippen molar-refractivity contribution in [2.45, 2.75) is 19.9 Å². The van der Waals surface area contributed by atoms with Crippen LogP contribution in [0.3, 0.4) is 0 Å². The first kappa shape index (κ1) is 23.6. The van der Waals surface area contributed by atoms with Gasteiger partial charge in [-0.2, -0.15) is 0 Å². The monoisotopic (exact) mass is 550 g/mol. The zero-order chi connectivity index (χ0) is 24.4. The number of para-hydroxylation sites is 1. The van der Waals surface area contributed by atoms with Crippen molar-refractivity contribution in [2.75, 3.05) is 25.0 Å². The van der Waals surface area contributed by atoms with Crippen LogP contribution in [0.5, 0.6) is 0 Å². The van der Waals surface area contributed by atoms with Crippen molar-refractivity contribution in [1.29, 1.82) is 0 Å². The summed E-state index contributed by atoms with van der Waals surface area (Å²) in [6, 6.07) is 15.3. The summed E-state index contributed by atoms with van der Waals surface area (Å²) in [6.45, 7) is 4.14. The van der Waals surface area contributed by atoms with Gasteiger partial charge in [-0.05, 0) is 24.7 Å². The number of nitrogens with one attached hydrogen (secondary N) is 1. The number of fused-ring (bicyclic) bond motifs is 2. The molecule has 7 nitrogen and oxygen atoms in total. The van der Waals surface area contributed by atoms with E-state index in [1.807, 2.05) is 53.9 Å². The minimum Gasteiger partial charge on any atom is -0.452 e. The molecule has 1 N–H and O–H groups in total. The van der Waals surface area contributed by atoms with Gasteiger partial charge >= 0.3 is 5.97 Å². The van der Waals surface area contributed by atoms with Crippen molar-refractivity contribution in [3.63, 3.8) is 0 Å². The maximum absolute atomic E-state index is 13.2. The first-order chi connectivity index (χ1) is 17.0. The summed E-state index contributed by atoms with van der Waals surface area (Å²) in [5.41, 5.74) is 4.80. The van der Waals surface area contributed by atoms with Gasteiger partial charge in [0, 0.05) is 51.6 Å². The Hall–Kier alpha value is -3.14. The maximum Gasteiger partial charge on any atom is 0.339 e. The number of amides is 1. The third-order valence-electron chi connectivity index (χ3n) is 6.00. The molecule has 0 fully saturated rings. The smallest absolute Gasteiger partial charge is 0.339 e. The number of ether oxygens (including phenoxy) is 1. The highest BCUT2D eigenvalue weighted by molar-refractivity contribution is 9.10. The van der Waals surface area contributed by atoms with E-state index in [1.165, 1.54) is 11.3 Å². The number of aromatic nitrogens is 2. The molecule has 9 heteroatoms. The SMILES string of the molecule is CCN1CCc2nc3ccccc3c(C(=O)OCC(=O)Nc3nc(-c4ccc(Br)cc4)cs3)c2C1. The summed E-state index contributed by atoms with van der Waals surface area (Å²) < 4.78 is 6.47. The average Bonchev–Trinajstić information content (AvgIpc) is 3.34. The fraction of sp³-hybridized carbons (Fsp3) is 0.231. The first-order valence-electron chi connectivity index (χ1n) is 11.3. The zero-order valence-electron chi connectivity index (χ0n) is 19.1. The van der Waals surface area contributed by atoms with Crippen molar-refractivity contribution < 1.29 is 14.3 Å². The van der Waals surface area contributed by atoms with Gasteiger partial charge in [0.2, 0.25) is 0 Å². The van der Waals surface area contributed by atoms with E-state index in [9.17, 15) is 9.59 Å². The third-order valence-corrected chi connectivity index (χ3v) is 7.29. The van der Waals surface area contributed by atoms with Crippen LogP contribution in [0, 0.1) is 0 Å². The Kier molecular flexibility index (Phi) is 6.90. The fourth-order valence-corrected chi connectivity index (χ4v) is 5.19. The number of benzene rings is 2. The number of esters is 1. The number of rotatable bonds is 6. The molecule has 0 unspecified atom stereocenters. The van der Waals surface area contributed by atoms with Crippen LogP contribution in [0.25, 0.3) is 22.2 Å². The number of carbonyl (C=O) groups is 2. The predicted molar refractivity (Wildman–Crippen MR) is 141 cm³/mol. The quantitative estimate of drug-likeness (QED) is 0.328. The number of anilines is 1. The zero-order valence-corrected chi connectivity index (χ0v) is 21.5. The maximum atomic E-state index is 13.2. The van der Waals surface area contributed by atoms with Crippen LogP contribution in [0.15, 0.2) is 58.4 Å². The molecule has 0 aliphatic carbocycles. The Morgan fingerprint density at radius 1 is 1.14 bits per heavy atom. The highest BCUT2D eigenvalue weighted by Crippen LogP contribution is 2.29. The highest BCUT2D eigenvalue weighted by atomic mass is 79.9. The molecule has 0 saturated heterocycles. The molecule has 1 aliphatic rings. The van der Waals surface area contributed by atoms with Crippen LogP contribution in [-0.2, 0) is 22.5 Å². The Bertz CT molecular complexity index is 1400. The van der Waals surface area contributed by atoms with Crippen LogP contribution in [0.2, 0.25) is 0 Å². The van der Waals surface area contributed by atoms with E-state index in [-0.39, 0.29) is 0 Å². The molecule has 2 aromatic heterocycles. The minimum absolute atomic E-state index is 0.394. The van der Waals surface area contributed by atoms with E-state index in [1.54, 1.807) is 0 Å². The molecule has 4 aromatic rings. The van der Waals surface area contributed by atoms with Crippen LogP contribution in [0.4, 0.5) is 5.13 Å². The molecule has 1 amide bonds. The van der Waals surface area contributed by atoms with Crippen LogP contribution >= 0.6 is 27.3 Å². The Labute approximate surface area is 215 Å². The van der Waals surface area contributed by atoms with E-state index in [0.717, 1.165) is 57.4 Å². The third kappa shape index (κ3) is 5.12. The van der Waals surface area contributed by atoms with Gasteiger partial charge in [0.25, 0.3) is 5.91 Å². The van der Waals surface area contributed by atoms with Gasteiger partial charge in [-0.3, -0.25) is 20.0 Å². The molecule has 1 aliphatic heterocycles. The number of likely N-dealkylation sites (N-methyl/N-ethyl adjacent to an activating group) is 1. The number of pyridine rings is 1. The lowest BCUT2D eigenvalue weighted by atomic mass is 9.96. The topological polar surface area (TPSA) is 84.4 Å². The second-order valence-electron chi connectivity index (χ2n) is 8.22. The number of hydrogen-bond donors (Lipinski definition) is 1. The standard InChI is InChI=1S/C26H23BrN4O3S/c1-2-31-12-11-21-19(13-31)24(18-5-3-4-6-20(18)28-21)25(33)34-14-23(32)30-26-29-22(15-35-26)16-7-9-17(27)10-8-16/h3-10,15H,2,11-14H2,1H3,(H,29,30,32). The molecule has 0 spiro atoms.